The van der Waals surface area contributed by atoms with Gasteiger partial charge in [-0.15, -0.1) is 0 Å². The molecule has 0 radical (unpaired) electrons. The SMILES string of the molecule is CC1CC(C)(C)CC1NC1CCN(C(=O)c2ccccc2)CC1. The summed E-state index contributed by atoms with van der Waals surface area (Å²) < 4.78 is 0. The zero-order valence-corrected chi connectivity index (χ0v) is 14.7. The number of carbonyl (C=O) groups is 1. The summed E-state index contributed by atoms with van der Waals surface area (Å²) in [6, 6.07) is 10.9. The molecule has 1 N–H and O–H groups in total. The van der Waals surface area contributed by atoms with E-state index in [-0.39, 0.29) is 5.91 Å². The van der Waals surface area contributed by atoms with E-state index in [0.717, 1.165) is 37.4 Å². The number of likely N-dealkylation sites (tertiary alicyclic amines) is 1. The molecule has 0 spiro atoms. The van der Waals surface area contributed by atoms with Crippen LogP contribution in [0.3, 0.4) is 0 Å². The normalized spacial score (nSPS) is 28.0. The van der Waals surface area contributed by atoms with Crippen LogP contribution < -0.4 is 5.32 Å². The van der Waals surface area contributed by atoms with Gasteiger partial charge in [0, 0.05) is 30.7 Å². The van der Waals surface area contributed by atoms with Crippen LogP contribution in [0.4, 0.5) is 0 Å². The van der Waals surface area contributed by atoms with E-state index < -0.39 is 0 Å². The first-order valence-electron chi connectivity index (χ1n) is 9.05. The maximum absolute atomic E-state index is 12.5. The average molecular weight is 314 g/mol. The van der Waals surface area contributed by atoms with Crippen LogP contribution in [0.15, 0.2) is 30.3 Å². The van der Waals surface area contributed by atoms with E-state index in [1.54, 1.807) is 0 Å². The smallest absolute Gasteiger partial charge is 0.253 e. The molecule has 2 unspecified atom stereocenters. The van der Waals surface area contributed by atoms with Crippen molar-refractivity contribution in [3.63, 3.8) is 0 Å². The lowest BCUT2D eigenvalue weighted by molar-refractivity contribution is 0.0700. The van der Waals surface area contributed by atoms with Gasteiger partial charge in [-0.1, -0.05) is 39.0 Å². The van der Waals surface area contributed by atoms with Crippen LogP contribution in [0.25, 0.3) is 0 Å². The number of piperidine rings is 1. The fourth-order valence-electron chi connectivity index (χ4n) is 4.43. The maximum Gasteiger partial charge on any atom is 0.253 e. The quantitative estimate of drug-likeness (QED) is 0.922. The molecule has 126 valence electrons. The van der Waals surface area contributed by atoms with Crippen molar-refractivity contribution in [2.24, 2.45) is 11.3 Å². The monoisotopic (exact) mass is 314 g/mol. The molecule has 2 atom stereocenters. The van der Waals surface area contributed by atoms with Crippen molar-refractivity contribution in [2.45, 2.75) is 58.5 Å². The summed E-state index contributed by atoms with van der Waals surface area (Å²) in [5, 5.41) is 3.88. The summed E-state index contributed by atoms with van der Waals surface area (Å²) in [5.41, 5.74) is 1.28. The van der Waals surface area contributed by atoms with E-state index in [2.05, 4.69) is 26.1 Å². The lowest BCUT2D eigenvalue weighted by Gasteiger charge is -2.35. The van der Waals surface area contributed by atoms with Crippen LogP contribution >= 0.6 is 0 Å². The van der Waals surface area contributed by atoms with E-state index >= 15 is 0 Å². The molecule has 1 saturated carbocycles. The Bertz CT molecular complexity index is 532. The molecular formula is C20H30N2O. The van der Waals surface area contributed by atoms with Crippen molar-refractivity contribution in [3.05, 3.63) is 35.9 Å². The number of amides is 1. The summed E-state index contributed by atoms with van der Waals surface area (Å²) in [6.07, 6.45) is 4.73. The molecule has 3 nitrogen and oxygen atoms in total. The minimum atomic E-state index is 0.180. The molecule has 2 fully saturated rings. The predicted molar refractivity (Wildman–Crippen MR) is 94.5 cm³/mol. The van der Waals surface area contributed by atoms with Gasteiger partial charge in [-0.2, -0.15) is 0 Å². The van der Waals surface area contributed by atoms with Crippen molar-refractivity contribution >= 4 is 5.91 Å². The van der Waals surface area contributed by atoms with Gasteiger partial charge in [-0.05, 0) is 49.1 Å². The van der Waals surface area contributed by atoms with Crippen molar-refractivity contribution in [1.82, 2.24) is 10.2 Å². The highest BCUT2D eigenvalue weighted by Gasteiger charge is 2.37. The zero-order valence-electron chi connectivity index (χ0n) is 14.7. The highest BCUT2D eigenvalue weighted by atomic mass is 16.2. The molecule has 1 amide bonds. The van der Waals surface area contributed by atoms with E-state index in [0.29, 0.717) is 17.5 Å². The summed E-state index contributed by atoms with van der Waals surface area (Å²) >= 11 is 0. The van der Waals surface area contributed by atoms with Crippen molar-refractivity contribution in [2.75, 3.05) is 13.1 Å². The molecule has 1 aromatic rings. The Balaban J connectivity index is 1.50. The predicted octanol–water partition coefficient (Wildman–Crippen LogP) is 3.71. The second kappa shape index (κ2) is 6.64. The molecule has 3 rings (SSSR count). The van der Waals surface area contributed by atoms with E-state index in [9.17, 15) is 4.79 Å². The first kappa shape index (κ1) is 16.5. The van der Waals surface area contributed by atoms with Gasteiger partial charge < -0.3 is 10.2 Å². The van der Waals surface area contributed by atoms with Crippen molar-refractivity contribution in [1.29, 1.82) is 0 Å². The number of hydrogen-bond donors (Lipinski definition) is 1. The van der Waals surface area contributed by atoms with Crippen LogP contribution in [-0.2, 0) is 0 Å². The summed E-state index contributed by atoms with van der Waals surface area (Å²) in [5.74, 6) is 0.938. The number of nitrogens with zero attached hydrogens (tertiary/aromatic N) is 1. The third-order valence-electron chi connectivity index (χ3n) is 5.59. The van der Waals surface area contributed by atoms with Gasteiger partial charge >= 0.3 is 0 Å². The highest BCUT2D eigenvalue weighted by molar-refractivity contribution is 5.94. The summed E-state index contributed by atoms with van der Waals surface area (Å²) in [6.45, 7) is 8.88. The molecule has 1 aliphatic carbocycles. The topological polar surface area (TPSA) is 32.3 Å². The van der Waals surface area contributed by atoms with Gasteiger partial charge in [0.05, 0.1) is 0 Å². The second-order valence-electron chi connectivity index (χ2n) is 8.26. The Labute approximate surface area is 140 Å². The second-order valence-corrected chi connectivity index (χ2v) is 8.26. The first-order chi connectivity index (χ1) is 10.9. The lowest BCUT2D eigenvalue weighted by atomic mass is 9.91. The molecule has 1 aliphatic heterocycles. The molecule has 3 heteroatoms. The Morgan fingerprint density at radius 3 is 2.35 bits per heavy atom. The van der Waals surface area contributed by atoms with Crippen molar-refractivity contribution < 1.29 is 4.79 Å². The molecule has 0 aromatic heterocycles. The molecule has 1 saturated heterocycles. The fourth-order valence-corrected chi connectivity index (χ4v) is 4.43. The van der Waals surface area contributed by atoms with Crippen LogP contribution in [0.1, 0.15) is 56.8 Å². The third kappa shape index (κ3) is 3.95. The summed E-state index contributed by atoms with van der Waals surface area (Å²) in [4.78, 5) is 14.5. The molecule has 23 heavy (non-hydrogen) atoms. The van der Waals surface area contributed by atoms with Crippen LogP contribution in [0.5, 0.6) is 0 Å². The van der Waals surface area contributed by atoms with Gasteiger partial charge in [0.1, 0.15) is 0 Å². The number of benzene rings is 1. The minimum Gasteiger partial charge on any atom is -0.339 e. The number of hydrogen-bond acceptors (Lipinski definition) is 2. The molecule has 0 bridgehead atoms. The molecule has 1 aromatic carbocycles. The Morgan fingerprint density at radius 1 is 1.13 bits per heavy atom. The highest BCUT2D eigenvalue weighted by Crippen LogP contribution is 2.41. The Morgan fingerprint density at radius 2 is 1.78 bits per heavy atom. The van der Waals surface area contributed by atoms with E-state index in [1.165, 1.54) is 12.8 Å². The van der Waals surface area contributed by atoms with Crippen LogP contribution in [0.2, 0.25) is 0 Å². The lowest BCUT2D eigenvalue weighted by Crippen LogP contribution is -2.48. The van der Waals surface area contributed by atoms with Crippen LogP contribution in [0, 0.1) is 11.3 Å². The number of carbonyl (C=O) groups excluding carboxylic acids is 1. The van der Waals surface area contributed by atoms with E-state index in [1.807, 2.05) is 35.2 Å². The van der Waals surface area contributed by atoms with Gasteiger partial charge in [0.25, 0.3) is 5.91 Å². The van der Waals surface area contributed by atoms with E-state index in [4.69, 9.17) is 0 Å². The minimum absolute atomic E-state index is 0.180. The van der Waals surface area contributed by atoms with Crippen LogP contribution in [-0.4, -0.2) is 36.0 Å². The van der Waals surface area contributed by atoms with Gasteiger partial charge in [-0.3, -0.25) is 4.79 Å². The Hall–Kier alpha value is -1.35. The Kier molecular flexibility index (Phi) is 4.77. The third-order valence-corrected chi connectivity index (χ3v) is 5.59. The number of rotatable bonds is 3. The summed E-state index contributed by atoms with van der Waals surface area (Å²) in [7, 11) is 0. The molecule has 2 aliphatic rings. The molecule has 1 heterocycles. The van der Waals surface area contributed by atoms with Gasteiger partial charge in [0.15, 0.2) is 0 Å². The fraction of sp³-hybridized carbons (Fsp3) is 0.650. The maximum atomic E-state index is 12.5. The van der Waals surface area contributed by atoms with Gasteiger partial charge in [0.2, 0.25) is 0 Å². The average Bonchev–Trinajstić information content (AvgIpc) is 2.80. The molecular weight excluding hydrogens is 284 g/mol. The van der Waals surface area contributed by atoms with Crippen molar-refractivity contribution in [3.8, 4) is 0 Å². The zero-order chi connectivity index (χ0) is 16.4. The van der Waals surface area contributed by atoms with Gasteiger partial charge in [-0.25, -0.2) is 0 Å². The standard InChI is InChI=1S/C20H30N2O/c1-15-13-20(2,3)14-18(15)21-17-9-11-22(12-10-17)19(23)16-7-5-4-6-8-16/h4-8,15,17-18,21H,9-14H2,1-3H3. The largest absolute Gasteiger partial charge is 0.339 e. The number of nitrogens with one attached hydrogen (secondary N) is 1. The first-order valence-corrected chi connectivity index (χ1v) is 9.05.